The summed E-state index contributed by atoms with van der Waals surface area (Å²) in [7, 11) is 0. The third-order valence-corrected chi connectivity index (χ3v) is 4.93. The average Bonchev–Trinajstić information content (AvgIpc) is 3.35. The van der Waals surface area contributed by atoms with Crippen LogP contribution in [0.25, 0.3) is 11.4 Å². The predicted octanol–water partition coefficient (Wildman–Crippen LogP) is 3.21. The monoisotopic (exact) mass is 363 g/mol. The maximum atomic E-state index is 12.6. The molecule has 0 radical (unpaired) electrons. The molecule has 6 heteroatoms. The number of aromatic nitrogens is 2. The summed E-state index contributed by atoms with van der Waals surface area (Å²) in [5.41, 5.74) is 4.55. The van der Waals surface area contributed by atoms with Crippen LogP contribution in [0.3, 0.4) is 0 Å². The number of carbonyl (C=O) groups excluding carboxylic acids is 1. The van der Waals surface area contributed by atoms with Crippen LogP contribution in [0.15, 0.2) is 47.0 Å². The van der Waals surface area contributed by atoms with Crippen molar-refractivity contribution in [2.45, 2.75) is 38.8 Å². The highest BCUT2D eigenvalue weighted by atomic mass is 16.5. The topological polar surface area (TPSA) is 88.2 Å². The van der Waals surface area contributed by atoms with Gasteiger partial charge >= 0.3 is 0 Å². The van der Waals surface area contributed by atoms with Gasteiger partial charge in [-0.25, -0.2) is 0 Å². The molecule has 1 aromatic heterocycles. The normalized spacial score (nSPS) is 15.6. The van der Waals surface area contributed by atoms with Gasteiger partial charge in [0.1, 0.15) is 0 Å². The van der Waals surface area contributed by atoms with Gasteiger partial charge in [0.2, 0.25) is 11.7 Å². The van der Waals surface area contributed by atoms with Crippen LogP contribution in [0, 0.1) is 0 Å². The summed E-state index contributed by atoms with van der Waals surface area (Å²) in [6.07, 6.45) is 2.46. The summed E-state index contributed by atoms with van der Waals surface area (Å²) in [6.45, 7) is 1.90. The standard InChI is InChI=1S/C21H21N3O3/c1-2-19-23-20(24-27-19)15-6-8-17-14(11-15)7-9-18(17)22-21(26)16-5-3-4-13(10-16)12-25/h3-6,8,10-11,18,25H,2,7,9,12H2,1H3,(H,22,26)/t18-/m1/s1. The van der Waals surface area contributed by atoms with E-state index in [9.17, 15) is 9.90 Å². The van der Waals surface area contributed by atoms with E-state index in [1.807, 2.05) is 19.1 Å². The van der Waals surface area contributed by atoms with Crippen molar-refractivity contribution in [2.24, 2.45) is 0 Å². The molecule has 0 aliphatic heterocycles. The largest absolute Gasteiger partial charge is 0.392 e. The Labute approximate surface area is 157 Å². The molecule has 0 bridgehead atoms. The molecule has 1 heterocycles. The quantitative estimate of drug-likeness (QED) is 0.727. The summed E-state index contributed by atoms with van der Waals surface area (Å²) in [4.78, 5) is 17.0. The molecule has 1 amide bonds. The zero-order chi connectivity index (χ0) is 18.8. The van der Waals surface area contributed by atoms with Crippen LogP contribution in [-0.2, 0) is 19.4 Å². The van der Waals surface area contributed by atoms with Crippen LogP contribution in [0.2, 0.25) is 0 Å². The Kier molecular flexibility index (Phi) is 4.73. The summed E-state index contributed by atoms with van der Waals surface area (Å²) >= 11 is 0. The molecule has 0 saturated heterocycles. The Morgan fingerprint density at radius 2 is 2.19 bits per heavy atom. The fraction of sp³-hybridized carbons (Fsp3) is 0.286. The number of aryl methyl sites for hydroxylation is 2. The fourth-order valence-corrected chi connectivity index (χ4v) is 3.47. The van der Waals surface area contributed by atoms with Gasteiger partial charge in [-0.3, -0.25) is 4.79 Å². The van der Waals surface area contributed by atoms with E-state index in [4.69, 9.17) is 4.52 Å². The summed E-state index contributed by atoms with van der Waals surface area (Å²) in [5, 5.41) is 16.4. The molecular formula is C21H21N3O3. The molecule has 138 valence electrons. The molecule has 2 N–H and O–H groups in total. The summed E-state index contributed by atoms with van der Waals surface area (Å²) < 4.78 is 5.19. The molecule has 0 spiro atoms. The molecule has 1 aliphatic carbocycles. The smallest absolute Gasteiger partial charge is 0.251 e. The number of nitrogens with zero attached hydrogens (tertiary/aromatic N) is 2. The predicted molar refractivity (Wildman–Crippen MR) is 100 cm³/mol. The molecule has 1 atom stereocenters. The molecule has 27 heavy (non-hydrogen) atoms. The van der Waals surface area contributed by atoms with Crippen LogP contribution in [0.4, 0.5) is 0 Å². The highest BCUT2D eigenvalue weighted by Gasteiger charge is 2.25. The first-order chi connectivity index (χ1) is 13.2. The van der Waals surface area contributed by atoms with Crippen molar-refractivity contribution in [1.82, 2.24) is 15.5 Å². The number of hydrogen-bond donors (Lipinski definition) is 2. The highest BCUT2D eigenvalue weighted by Crippen LogP contribution is 2.34. The van der Waals surface area contributed by atoms with E-state index in [0.717, 1.165) is 29.5 Å². The van der Waals surface area contributed by atoms with Crippen LogP contribution in [0.1, 0.15) is 52.3 Å². The van der Waals surface area contributed by atoms with Crippen molar-refractivity contribution >= 4 is 5.91 Å². The van der Waals surface area contributed by atoms with Gasteiger partial charge in [-0.1, -0.05) is 36.3 Å². The molecule has 2 aromatic carbocycles. The highest BCUT2D eigenvalue weighted by molar-refractivity contribution is 5.94. The maximum absolute atomic E-state index is 12.6. The molecule has 6 nitrogen and oxygen atoms in total. The van der Waals surface area contributed by atoms with E-state index < -0.39 is 0 Å². The number of aliphatic hydroxyl groups is 1. The lowest BCUT2D eigenvalue weighted by molar-refractivity contribution is 0.0936. The Hall–Kier alpha value is -2.99. The molecule has 0 saturated carbocycles. The number of amides is 1. The molecule has 1 aliphatic rings. The lowest BCUT2D eigenvalue weighted by Crippen LogP contribution is -2.27. The molecule has 4 rings (SSSR count). The maximum Gasteiger partial charge on any atom is 0.251 e. The van der Waals surface area contributed by atoms with E-state index in [1.54, 1.807) is 24.3 Å². The first kappa shape index (κ1) is 17.4. The minimum absolute atomic E-state index is 0.0178. The summed E-state index contributed by atoms with van der Waals surface area (Å²) in [5.74, 6) is 1.10. The Morgan fingerprint density at radius 1 is 1.30 bits per heavy atom. The number of rotatable bonds is 5. The van der Waals surface area contributed by atoms with E-state index >= 15 is 0 Å². The molecule has 0 fully saturated rings. The number of carbonyl (C=O) groups is 1. The number of benzene rings is 2. The van der Waals surface area contributed by atoms with Crippen molar-refractivity contribution in [1.29, 1.82) is 0 Å². The fourth-order valence-electron chi connectivity index (χ4n) is 3.47. The van der Waals surface area contributed by atoms with Crippen LogP contribution >= 0.6 is 0 Å². The van der Waals surface area contributed by atoms with E-state index in [-0.39, 0.29) is 18.6 Å². The second-order valence-electron chi connectivity index (χ2n) is 6.70. The van der Waals surface area contributed by atoms with Crippen molar-refractivity contribution in [3.8, 4) is 11.4 Å². The first-order valence-corrected chi connectivity index (χ1v) is 9.14. The van der Waals surface area contributed by atoms with Gasteiger partial charge in [0.25, 0.3) is 5.91 Å². The van der Waals surface area contributed by atoms with Crippen molar-refractivity contribution in [3.05, 3.63) is 70.6 Å². The second kappa shape index (κ2) is 7.32. The number of nitrogens with one attached hydrogen (secondary N) is 1. The van der Waals surface area contributed by atoms with Gasteiger partial charge < -0.3 is 14.9 Å². The number of aliphatic hydroxyl groups excluding tert-OH is 1. The minimum atomic E-state index is -0.127. The number of fused-ring (bicyclic) bond motifs is 1. The molecule has 0 unspecified atom stereocenters. The SMILES string of the molecule is CCc1nc(-c2ccc3c(c2)CC[C@H]3NC(=O)c2cccc(CO)c2)no1. The second-order valence-corrected chi connectivity index (χ2v) is 6.70. The Balaban J connectivity index is 1.52. The van der Waals surface area contributed by atoms with Gasteiger partial charge in [0, 0.05) is 17.5 Å². The van der Waals surface area contributed by atoms with Gasteiger partial charge in [0.05, 0.1) is 12.6 Å². The van der Waals surface area contributed by atoms with Gasteiger partial charge in [-0.2, -0.15) is 4.98 Å². The zero-order valence-electron chi connectivity index (χ0n) is 15.1. The van der Waals surface area contributed by atoms with Gasteiger partial charge in [-0.05, 0) is 47.7 Å². The van der Waals surface area contributed by atoms with Gasteiger partial charge in [0.15, 0.2) is 0 Å². The first-order valence-electron chi connectivity index (χ1n) is 9.14. The van der Waals surface area contributed by atoms with Crippen molar-refractivity contribution in [2.75, 3.05) is 0 Å². The lowest BCUT2D eigenvalue weighted by Gasteiger charge is -2.15. The lowest BCUT2D eigenvalue weighted by atomic mass is 10.0. The third kappa shape index (κ3) is 3.48. The molecular weight excluding hydrogens is 342 g/mol. The minimum Gasteiger partial charge on any atom is -0.392 e. The summed E-state index contributed by atoms with van der Waals surface area (Å²) in [6, 6.07) is 13.1. The molecule has 3 aromatic rings. The Morgan fingerprint density at radius 3 is 2.96 bits per heavy atom. The third-order valence-electron chi connectivity index (χ3n) is 4.93. The van der Waals surface area contributed by atoms with E-state index in [1.165, 1.54) is 5.56 Å². The van der Waals surface area contributed by atoms with Gasteiger partial charge in [-0.15, -0.1) is 0 Å². The van der Waals surface area contributed by atoms with E-state index in [0.29, 0.717) is 23.7 Å². The average molecular weight is 363 g/mol. The van der Waals surface area contributed by atoms with E-state index in [2.05, 4.69) is 21.5 Å². The van der Waals surface area contributed by atoms with Crippen molar-refractivity contribution < 1.29 is 14.4 Å². The number of hydrogen-bond acceptors (Lipinski definition) is 5. The van der Waals surface area contributed by atoms with Crippen LogP contribution in [-0.4, -0.2) is 21.2 Å². The Bertz CT molecular complexity index is 980. The van der Waals surface area contributed by atoms with Crippen molar-refractivity contribution in [3.63, 3.8) is 0 Å². The zero-order valence-corrected chi connectivity index (χ0v) is 15.1. The van der Waals surface area contributed by atoms with Crippen LogP contribution < -0.4 is 5.32 Å². The van der Waals surface area contributed by atoms with Crippen LogP contribution in [0.5, 0.6) is 0 Å².